The lowest BCUT2D eigenvalue weighted by Gasteiger charge is -2.12. The first-order chi connectivity index (χ1) is 9.43. The van der Waals surface area contributed by atoms with Crippen LogP contribution in [-0.2, 0) is 11.8 Å². The number of nitrogens with one attached hydrogen (secondary N) is 2. The van der Waals surface area contributed by atoms with Crippen molar-refractivity contribution in [3.8, 4) is 0 Å². The molecule has 0 aliphatic rings. The zero-order chi connectivity index (χ0) is 14.9. The van der Waals surface area contributed by atoms with Gasteiger partial charge in [0, 0.05) is 19.0 Å². The van der Waals surface area contributed by atoms with E-state index in [1.54, 1.807) is 11.6 Å². The number of rotatable bonds is 4. The van der Waals surface area contributed by atoms with Gasteiger partial charge in [-0.1, -0.05) is 0 Å². The second-order valence-corrected chi connectivity index (χ2v) is 5.66. The molecule has 0 aliphatic heterocycles. The molecule has 2 heterocycles. The predicted octanol–water partition coefficient (Wildman–Crippen LogP) is 1.20. The van der Waals surface area contributed by atoms with Crippen LogP contribution in [0.3, 0.4) is 0 Å². The summed E-state index contributed by atoms with van der Waals surface area (Å²) in [7, 11) is 1.85. The number of aryl methyl sites for hydroxylation is 2. The second kappa shape index (κ2) is 5.62. The average Bonchev–Trinajstić information content (AvgIpc) is 2.92. The third kappa shape index (κ3) is 2.67. The van der Waals surface area contributed by atoms with Crippen molar-refractivity contribution < 1.29 is 9.59 Å². The molecule has 0 unspecified atom stereocenters. The molecule has 6 nitrogen and oxygen atoms in total. The zero-order valence-corrected chi connectivity index (χ0v) is 12.8. The lowest BCUT2D eigenvalue weighted by atomic mass is 10.2. The van der Waals surface area contributed by atoms with Crippen molar-refractivity contribution in [1.82, 2.24) is 20.4 Å². The molecule has 2 amide bonds. The smallest absolute Gasteiger partial charge is 0.262 e. The summed E-state index contributed by atoms with van der Waals surface area (Å²) in [5.41, 5.74) is 0.898. The summed E-state index contributed by atoms with van der Waals surface area (Å²) >= 11 is 1.38. The van der Waals surface area contributed by atoms with Crippen molar-refractivity contribution in [3.63, 3.8) is 0 Å². The standard InChI is InChI=1S/C13H18N4O2S/c1-5-14-11(18)8(3)15-12(19)10-6-9-7(2)16-17(4)13(9)20-10/h6,8H,5H2,1-4H3,(H,14,18)(H,15,19)/t8-/m0/s1. The quantitative estimate of drug-likeness (QED) is 0.889. The van der Waals surface area contributed by atoms with Crippen LogP contribution in [0.25, 0.3) is 10.2 Å². The van der Waals surface area contributed by atoms with Gasteiger partial charge < -0.3 is 10.6 Å². The molecule has 2 rings (SSSR count). The number of amides is 2. The van der Waals surface area contributed by atoms with E-state index < -0.39 is 6.04 Å². The van der Waals surface area contributed by atoms with Crippen LogP contribution >= 0.6 is 11.3 Å². The minimum Gasteiger partial charge on any atom is -0.355 e. The first-order valence-corrected chi connectivity index (χ1v) is 7.27. The normalized spacial score (nSPS) is 12.4. The van der Waals surface area contributed by atoms with Gasteiger partial charge in [0.1, 0.15) is 10.9 Å². The summed E-state index contributed by atoms with van der Waals surface area (Å²) in [6.45, 7) is 5.97. The van der Waals surface area contributed by atoms with Gasteiger partial charge in [-0.15, -0.1) is 11.3 Å². The number of nitrogens with zero attached hydrogens (tertiary/aromatic N) is 2. The van der Waals surface area contributed by atoms with E-state index in [0.717, 1.165) is 15.9 Å². The highest BCUT2D eigenvalue weighted by Gasteiger charge is 2.19. The third-order valence-electron chi connectivity index (χ3n) is 3.01. The van der Waals surface area contributed by atoms with Gasteiger partial charge in [-0.3, -0.25) is 14.3 Å². The van der Waals surface area contributed by atoms with Crippen LogP contribution in [0.2, 0.25) is 0 Å². The van der Waals surface area contributed by atoms with Crippen LogP contribution in [0.4, 0.5) is 0 Å². The number of hydrogen-bond acceptors (Lipinski definition) is 4. The lowest BCUT2D eigenvalue weighted by molar-refractivity contribution is -0.122. The molecule has 0 radical (unpaired) electrons. The van der Waals surface area contributed by atoms with Gasteiger partial charge in [-0.2, -0.15) is 5.10 Å². The van der Waals surface area contributed by atoms with Gasteiger partial charge in [0.25, 0.3) is 5.91 Å². The topological polar surface area (TPSA) is 76.0 Å². The Balaban J connectivity index is 2.15. The van der Waals surface area contributed by atoms with Crippen molar-refractivity contribution in [3.05, 3.63) is 16.6 Å². The molecular weight excluding hydrogens is 276 g/mol. The second-order valence-electron chi connectivity index (χ2n) is 4.63. The van der Waals surface area contributed by atoms with Gasteiger partial charge in [0.2, 0.25) is 5.91 Å². The molecule has 2 N–H and O–H groups in total. The molecule has 0 bridgehead atoms. The minimum absolute atomic E-state index is 0.181. The minimum atomic E-state index is -0.549. The molecule has 0 spiro atoms. The number of thiophene rings is 1. The summed E-state index contributed by atoms with van der Waals surface area (Å²) in [6, 6.07) is 1.27. The van der Waals surface area contributed by atoms with E-state index in [-0.39, 0.29) is 11.8 Å². The fourth-order valence-electron chi connectivity index (χ4n) is 1.98. The molecular formula is C13H18N4O2S. The SMILES string of the molecule is CCNC(=O)[C@H](C)NC(=O)c1cc2c(C)nn(C)c2s1. The average molecular weight is 294 g/mol. The number of carbonyl (C=O) groups is 2. The molecule has 1 atom stereocenters. The third-order valence-corrected chi connectivity index (χ3v) is 4.21. The molecule has 108 valence electrons. The highest BCUT2D eigenvalue weighted by molar-refractivity contribution is 7.20. The molecule has 20 heavy (non-hydrogen) atoms. The molecule has 0 saturated carbocycles. The Morgan fingerprint density at radius 3 is 2.80 bits per heavy atom. The molecule has 0 aliphatic carbocycles. The van der Waals surface area contributed by atoms with Crippen LogP contribution in [-0.4, -0.2) is 34.2 Å². The van der Waals surface area contributed by atoms with Crippen LogP contribution in [0.1, 0.15) is 29.2 Å². The maximum atomic E-state index is 12.1. The van der Waals surface area contributed by atoms with E-state index in [1.165, 1.54) is 11.3 Å². The van der Waals surface area contributed by atoms with Crippen molar-refractivity contribution in [2.45, 2.75) is 26.8 Å². The Bertz CT molecular complexity index is 624. The van der Waals surface area contributed by atoms with E-state index in [1.807, 2.05) is 27.0 Å². The van der Waals surface area contributed by atoms with E-state index in [2.05, 4.69) is 15.7 Å². The summed E-state index contributed by atoms with van der Waals surface area (Å²) in [5.74, 6) is -0.413. The van der Waals surface area contributed by atoms with Crippen LogP contribution < -0.4 is 10.6 Å². The highest BCUT2D eigenvalue weighted by atomic mass is 32.1. The van der Waals surface area contributed by atoms with Gasteiger partial charge in [-0.25, -0.2) is 0 Å². The van der Waals surface area contributed by atoms with Crippen molar-refractivity contribution in [1.29, 1.82) is 0 Å². The fourth-order valence-corrected chi connectivity index (χ4v) is 3.00. The largest absolute Gasteiger partial charge is 0.355 e. The number of aromatic nitrogens is 2. The Morgan fingerprint density at radius 1 is 1.50 bits per heavy atom. The van der Waals surface area contributed by atoms with Gasteiger partial charge in [0.05, 0.1) is 10.6 Å². The Kier molecular flexibility index (Phi) is 4.08. The summed E-state index contributed by atoms with van der Waals surface area (Å²) < 4.78 is 1.76. The molecule has 7 heteroatoms. The maximum Gasteiger partial charge on any atom is 0.262 e. The monoisotopic (exact) mass is 294 g/mol. The van der Waals surface area contributed by atoms with Gasteiger partial charge >= 0.3 is 0 Å². The first kappa shape index (κ1) is 14.5. The number of likely N-dealkylation sites (N-methyl/N-ethyl adjacent to an activating group) is 1. The van der Waals surface area contributed by atoms with E-state index in [9.17, 15) is 9.59 Å². The molecule has 0 saturated heterocycles. The molecule has 0 aromatic carbocycles. The van der Waals surface area contributed by atoms with Crippen molar-refractivity contribution in [2.24, 2.45) is 7.05 Å². The van der Waals surface area contributed by atoms with Crippen LogP contribution in [0, 0.1) is 6.92 Å². The summed E-state index contributed by atoms with van der Waals surface area (Å²) in [6.07, 6.45) is 0. The summed E-state index contributed by atoms with van der Waals surface area (Å²) in [4.78, 5) is 25.3. The van der Waals surface area contributed by atoms with E-state index in [4.69, 9.17) is 0 Å². The predicted molar refractivity (Wildman–Crippen MR) is 78.9 cm³/mol. The van der Waals surface area contributed by atoms with Crippen LogP contribution in [0.15, 0.2) is 6.07 Å². The maximum absolute atomic E-state index is 12.1. The Hall–Kier alpha value is -1.89. The molecule has 2 aromatic rings. The van der Waals surface area contributed by atoms with Crippen molar-refractivity contribution in [2.75, 3.05) is 6.54 Å². The molecule has 2 aromatic heterocycles. The number of fused-ring (bicyclic) bond motifs is 1. The van der Waals surface area contributed by atoms with Crippen LogP contribution in [0.5, 0.6) is 0 Å². The zero-order valence-electron chi connectivity index (χ0n) is 12.0. The molecule has 0 fully saturated rings. The fraction of sp³-hybridized carbons (Fsp3) is 0.462. The van der Waals surface area contributed by atoms with Gasteiger partial charge in [0.15, 0.2) is 0 Å². The lowest BCUT2D eigenvalue weighted by Crippen LogP contribution is -2.44. The highest BCUT2D eigenvalue weighted by Crippen LogP contribution is 2.27. The Morgan fingerprint density at radius 2 is 2.20 bits per heavy atom. The first-order valence-electron chi connectivity index (χ1n) is 6.45. The van der Waals surface area contributed by atoms with E-state index >= 15 is 0 Å². The Labute approximate surface area is 121 Å². The van der Waals surface area contributed by atoms with Gasteiger partial charge in [-0.05, 0) is 26.8 Å². The number of carbonyl (C=O) groups excluding carboxylic acids is 2. The van der Waals surface area contributed by atoms with E-state index in [0.29, 0.717) is 11.4 Å². The van der Waals surface area contributed by atoms with Crippen molar-refractivity contribution >= 4 is 33.4 Å². The summed E-state index contributed by atoms with van der Waals surface area (Å²) in [5, 5.41) is 10.7. The number of hydrogen-bond donors (Lipinski definition) is 2.